The van der Waals surface area contributed by atoms with Gasteiger partial charge in [0.2, 0.25) is 0 Å². The van der Waals surface area contributed by atoms with Crippen LogP contribution in [0.4, 0.5) is 0 Å². The molecule has 0 aromatic heterocycles. The Hall–Kier alpha value is 0.250. The Labute approximate surface area is 104 Å². The van der Waals surface area contributed by atoms with Crippen LogP contribution in [-0.2, 0) is 4.74 Å². The van der Waals surface area contributed by atoms with Crippen molar-refractivity contribution in [3.8, 4) is 0 Å². The van der Waals surface area contributed by atoms with Crippen LogP contribution in [0.15, 0.2) is 0 Å². The summed E-state index contributed by atoms with van der Waals surface area (Å²) in [5.74, 6) is 2.54. The monoisotopic (exact) mass is 242 g/mol. The summed E-state index contributed by atoms with van der Waals surface area (Å²) < 4.78 is 6.05. The third-order valence-corrected chi connectivity index (χ3v) is 5.65. The second-order valence-electron chi connectivity index (χ2n) is 6.08. The minimum Gasteiger partial charge on any atom is -0.377 e. The lowest BCUT2D eigenvalue weighted by Gasteiger charge is -2.42. The second kappa shape index (κ2) is 4.49. The summed E-state index contributed by atoms with van der Waals surface area (Å²) >= 11 is 6.38. The maximum atomic E-state index is 6.38. The van der Waals surface area contributed by atoms with Crippen LogP contribution in [0.25, 0.3) is 0 Å². The quantitative estimate of drug-likeness (QED) is 0.680. The van der Waals surface area contributed by atoms with Crippen LogP contribution in [0.5, 0.6) is 0 Å². The molecule has 0 amide bonds. The highest BCUT2D eigenvalue weighted by Gasteiger charge is 2.54. The lowest BCUT2D eigenvalue weighted by atomic mass is 9.65. The van der Waals surface area contributed by atoms with Crippen molar-refractivity contribution in [3.63, 3.8) is 0 Å². The van der Waals surface area contributed by atoms with E-state index in [4.69, 9.17) is 16.3 Å². The van der Waals surface area contributed by atoms with E-state index in [1.165, 1.54) is 51.4 Å². The molecule has 3 aliphatic rings. The predicted molar refractivity (Wildman–Crippen MR) is 66.8 cm³/mol. The average molecular weight is 243 g/mol. The van der Waals surface area contributed by atoms with Crippen molar-refractivity contribution in [1.29, 1.82) is 0 Å². The Morgan fingerprint density at radius 1 is 1.06 bits per heavy atom. The van der Waals surface area contributed by atoms with Crippen LogP contribution >= 0.6 is 11.6 Å². The van der Waals surface area contributed by atoms with Crippen molar-refractivity contribution in [3.05, 3.63) is 0 Å². The number of hydrogen-bond donors (Lipinski definition) is 0. The molecule has 16 heavy (non-hydrogen) atoms. The molecule has 1 nitrogen and oxygen atoms in total. The van der Waals surface area contributed by atoms with Crippen LogP contribution in [0.1, 0.15) is 51.4 Å². The van der Waals surface area contributed by atoms with Crippen LogP contribution in [0.3, 0.4) is 0 Å². The summed E-state index contributed by atoms with van der Waals surface area (Å²) in [7, 11) is 0. The standard InChI is InChI=1S/C14H23ClO/c15-10-14(12-4-2-1-3-5-12)8-9-16-13(14)11-6-7-11/h11-13H,1-10H2. The maximum Gasteiger partial charge on any atom is 0.0674 e. The summed E-state index contributed by atoms with van der Waals surface area (Å²) in [6, 6.07) is 0. The van der Waals surface area contributed by atoms with Gasteiger partial charge in [-0.3, -0.25) is 0 Å². The molecule has 1 aliphatic heterocycles. The molecule has 3 rings (SSSR count). The SMILES string of the molecule is ClCC1(C2CCCCC2)CCOC1C1CC1. The van der Waals surface area contributed by atoms with Gasteiger partial charge in [-0.1, -0.05) is 19.3 Å². The number of hydrogen-bond acceptors (Lipinski definition) is 1. The van der Waals surface area contributed by atoms with Gasteiger partial charge in [-0.2, -0.15) is 0 Å². The van der Waals surface area contributed by atoms with E-state index in [1.807, 2.05) is 0 Å². The molecule has 2 saturated carbocycles. The van der Waals surface area contributed by atoms with E-state index in [0.717, 1.165) is 24.3 Å². The van der Waals surface area contributed by atoms with Gasteiger partial charge in [0.05, 0.1) is 6.10 Å². The first-order valence-electron chi connectivity index (χ1n) is 7.04. The Kier molecular flexibility index (Phi) is 3.19. The first-order valence-corrected chi connectivity index (χ1v) is 7.58. The molecule has 0 spiro atoms. The van der Waals surface area contributed by atoms with Gasteiger partial charge in [-0.05, 0) is 43.9 Å². The maximum absolute atomic E-state index is 6.38. The summed E-state index contributed by atoms with van der Waals surface area (Å²) in [4.78, 5) is 0. The minimum absolute atomic E-state index is 0.350. The Morgan fingerprint density at radius 3 is 2.44 bits per heavy atom. The van der Waals surface area contributed by atoms with Crippen molar-refractivity contribution >= 4 is 11.6 Å². The summed E-state index contributed by atoms with van der Waals surface area (Å²) in [6.07, 6.45) is 11.6. The molecule has 0 aromatic carbocycles. The minimum atomic E-state index is 0.350. The zero-order valence-corrected chi connectivity index (χ0v) is 10.8. The Morgan fingerprint density at radius 2 is 1.81 bits per heavy atom. The third kappa shape index (κ3) is 1.80. The zero-order chi connectivity index (χ0) is 11.0. The van der Waals surface area contributed by atoms with E-state index in [1.54, 1.807) is 0 Å². The lowest BCUT2D eigenvalue weighted by Crippen LogP contribution is -2.42. The number of rotatable bonds is 3. The molecule has 0 aromatic rings. The topological polar surface area (TPSA) is 9.23 Å². The first kappa shape index (κ1) is 11.3. The molecular formula is C14H23ClO. The fraction of sp³-hybridized carbons (Fsp3) is 1.00. The van der Waals surface area contributed by atoms with Crippen molar-refractivity contribution in [2.45, 2.75) is 57.5 Å². The van der Waals surface area contributed by atoms with Crippen LogP contribution in [-0.4, -0.2) is 18.6 Å². The number of halogens is 1. The molecule has 2 aliphatic carbocycles. The highest BCUT2D eigenvalue weighted by Crippen LogP contribution is 2.55. The molecule has 1 heterocycles. The van der Waals surface area contributed by atoms with Crippen molar-refractivity contribution in [2.75, 3.05) is 12.5 Å². The average Bonchev–Trinajstić information content (AvgIpc) is 3.10. The van der Waals surface area contributed by atoms with E-state index in [2.05, 4.69) is 0 Å². The fourth-order valence-electron chi connectivity index (χ4n) is 4.05. The zero-order valence-electron chi connectivity index (χ0n) is 10.1. The molecule has 92 valence electrons. The molecule has 3 fully saturated rings. The molecule has 0 N–H and O–H groups in total. The van der Waals surface area contributed by atoms with E-state index in [-0.39, 0.29) is 0 Å². The first-order chi connectivity index (χ1) is 7.87. The molecule has 2 unspecified atom stereocenters. The van der Waals surface area contributed by atoms with Gasteiger partial charge >= 0.3 is 0 Å². The van der Waals surface area contributed by atoms with Crippen molar-refractivity contribution in [1.82, 2.24) is 0 Å². The number of alkyl halides is 1. The highest BCUT2D eigenvalue weighted by atomic mass is 35.5. The molecular weight excluding hydrogens is 220 g/mol. The van der Waals surface area contributed by atoms with Gasteiger partial charge < -0.3 is 4.74 Å². The van der Waals surface area contributed by atoms with Gasteiger partial charge in [-0.25, -0.2) is 0 Å². The van der Waals surface area contributed by atoms with Crippen molar-refractivity contribution < 1.29 is 4.74 Å². The van der Waals surface area contributed by atoms with Crippen molar-refractivity contribution in [2.24, 2.45) is 17.3 Å². The summed E-state index contributed by atoms with van der Waals surface area (Å²) in [6.45, 7) is 0.963. The van der Waals surface area contributed by atoms with E-state index in [0.29, 0.717) is 11.5 Å². The van der Waals surface area contributed by atoms with Gasteiger partial charge in [0, 0.05) is 17.9 Å². The molecule has 0 bridgehead atoms. The highest BCUT2D eigenvalue weighted by molar-refractivity contribution is 6.18. The predicted octanol–water partition coefficient (Wildman–Crippen LogP) is 3.99. The van der Waals surface area contributed by atoms with E-state index < -0.39 is 0 Å². The lowest BCUT2D eigenvalue weighted by molar-refractivity contribution is 0.00148. The van der Waals surface area contributed by atoms with Gasteiger partial charge in [0.25, 0.3) is 0 Å². The molecule has 2 heteroatoms. The summed E-state index contributed by atoms with van der Waals surface area (Å²) in [5.41, 5.74) is 0.350. The van der Waals surface area contributed by atoms with E-state index in [9.17, 15) is 0 Å². The van der Waals surface area contributed by atoms with Crippen LogP contribution < -0.4 is 0 Å². The Bertz CT molecular complexity index is 245. The smallest absolute Gasteiger partial charge is 0.0674 e. The van der Waals surface area contributed by atoms with Gasteiger partial charge in [-0.15, -0.1) is 11.6 Å². The fourth-order valence-corrected chi connectivity index (χ4v) is 4.56. The molecule has 1 saturated heterocycles. The Balaban J connectivity index is 1.79. The molecule has 0 radical (unpaired) electrons. The van der Waals surface area contributed by atoms with Crippen LogP contribution in [0.2, 0.25) is 0 Å². The number of ether oxygens (including phenoxy) is 1. The van der Waals surface area contributed by atoms with Gasteiger partial charge in [0.1, 0.15) is 0 Å². The largest absolute Gasteiger partial charge is 0.377 e. The second-order valence-corrected chi connectivity index (χ2v) is 6.35. The third-order valence-electron chi connectivity index (χ3n) is 5.15. The molecule has 2 atom stereocenters. The van der Waals surface area contributed by atoms with Gasteiger partial charge in [0.15, 0.2) is 0 Å². The normalized spacial score (nSPS) is 41.4. The van der Waals surface area contributed by atoms with Crippen LogP contribution in [0, 0.1) is 17.3 Å². The van der Waals surface area contributed by atoms with E-state index >= 15 is 0 Å². The summed E-state index contributed by atoms with van der Waals surface area (Å²) in [5, 5.41) is 0.